The quantitative estimate of drug-likeness (QED) is 0.707. The van der Waals surface area contributed by atoms with Crippen molar-refractivity contribution in [3.05, 3.63) is 53.8 Å². The molecule has 1 unspecified atom stereocenters. The molecule has 1 N–H and O–H groups in total. The Morgan fingerprint density at radius 1 is 1.22 bits per heavy atom. The fourth-order valence-corrected chi connectivity index (χ4v) is 5.61. The molecule has 3 aromatic rings. The number of hydrogen-bond donors (Lipinski definition) is 1. The number of anilines is 1. The smallest absolute Gasteiger partial charge is 0.250 e. The second-order valence-electron chi connectivity index (χ2n) is 6.40. The number of pyridine rings is 1. The van der Waals surface area contributed by atoms with Crippen LogP contribution in [-0.2, 0) is 10.0 Å². The lowest BCUT2D eigenvalue weighted by Gasteiger charge is -2.17. The monoisotopic (exact) mass is 401 g/mol. The highest BCUT2D eigenvalue weighted by Crippen LogP contribution is 2.24. The van der Waals surface area contributed by atoms with E-state index < -0.39 is 10.0 Å². The standard InChI is InChI=1S/C18H19N5O2S2/c1-13-4-5-17(26-13)27(24,25)22-15-7-10-23(12-15)18-20-9-6-16(21-18)14-3-2-8-19-11-14/h2-6,8-9,11,15,22H,7,10,12H2,1H3. The molecule has 0 spiro atoms. The van der Waals surface area contributed by atoms with E-state index >= 15 is 0 Å². The Balaban J connectivity index is 1.47. The van der Waals surface area contributed by atoms with Crippen LogP contribution in [0.2, 0.25) is 0 Å². The van der Waals surface area contributed by atoms with E-state index in [2.05, 4.69) is 19.7 Å². The Hall–Kier alpha value is -2.36. The van der Waals surface area contributed by atoms with E-state index in [1.54, 1.807) is 24.7 Å². The summed E-state index contributed by atoms with van der Waals surface area (Å²) in [6, 6.07) is 8.96. The molecule has 0 radical (unpaired) electrons. The molecule has 140 valence electrons. The fourth-order valence-electron chi connectivity index (χ4n) is 3.05. The molecule has 7 nitrogen and oxygen atoms in total. The van der Waals surface area contributed by atoms with Gasteiger partial charge in [-0.05, 0) is 43.7 Å². The maximum absolute atomic E-state index is 12.5. The number of rotatable bonds is 5. The van der Waals surface area contributed by atoms with Gasteiger partial charge in [-0.15, -0.1) is 11.3 Å². The molecule has 1 aliphatic heterocycles. The van der Waals surface area contributed by atoms with Crippen molar-refractivity contribution in [2.75, 3.05) is 18.0 Å². The van der Waals surface area contributed by atoms with Crippen LogP contribution >= 0.6 is 11.3 Å². The molecule has 4 rings (SSSR count). The number of hydrogen-bond acceptors (Lipinski definition) is 7. The summed E-state index contributed by atoms with van der Waals surface area (Å²) in [5.41, 5.74) is 1.72. The normalized spacial score (nSPS) is 17.4. The minimum absolute atomic E-state index is 0.164. The number of aromatic nitrogens is 3. The van der Waals surface area contributed by atoms with E-state index in [1.807, 2.05) is 36.1 Å². The van der Waals surface area contributed by atoms with Crippen LogP contribution in [0, 0.1) is 6.92 Å². The first kappa shape index (κ1) is 18.0. The summed E-state index contributed by atoms with van der Waals surface area (Å²) < 4.78 is 28.2. The highest BCUT2D eigenvalue weighted by Gasteiger charge is 2.29. The van der Waals surface area contributed by atoms with Crippen LogP contribution in [0.15, 0.2) is 53.1 Å². The zero-order valence-electron chi connectivity index (χ0n) is 14.7. The van der Waals surface area contributed by atoms with Gasteiger partial charge in [0, 0.05) is 48.2 Å². The number of aryl methyl sites for hydroxylation is 1. The summed E-state index contributed by atoms with van der Waals surface area (Å²) in [5.74, 6) is 0.602. The Bertz CT molecular complexity index is 1040. The van der Waals surface area contributed by atoms with Gasteiger partial charge in [-0.1, -0.05) is 0 Å². The fraction of sp³-hybridized carbons (Fsp3) is 0.278. The minimum Gasteiger partial charge on any atom is -0.339 e. The lowest BCUT2D eigenvalue weighted by molar-refractivity contribution is 0.563. The summed E-state index contributed by atoms with van der Waals surface area (Å²) in [5, 5.41) is 0. The van der Waals surface area contributed by atoms with Crippen LogP contribution in [0.25, 0.3) is 11.3 Å². The van der Waals surface area contributed by atoms with Crippen LogP contribution in [-0.4, -0.2) is 42.5 Å². The zero-order valence-corrected chi connectivity index (χ0v) is 16.4. The summed E-state index contributed by atoms with van der Waals surface area (Å²) in [4.78, 5) is 16.1. The van der Waals surface area contributed by atoms with E-state index in [0.717, 1.165) is 16.1 Å². The van der Waals surface area contributed by atoms with Crippen molar-refractivity contribution in [1.29, 1.82) is 0 Å². The van der Waals surface area contributed by atoms with Gasteiger partial charge in [0.05, 0.1) is 5.69 Å². The summed E-state index contributed by atoms with van der Waals surface area (Å²) in [6.07, 6.45) is 5.91. The van der Waals surface area contributed by atoms with E-state index in [1.165, 1.54) is 11.3 Å². The highest BCUT2D eigenvalue weighted by atomic mass is 32.2. The molecule has 0 saturated carbocycles. The van der Waals surface area contributed by atoms with Gasteiger partial charge in [0.25, 0.3) is 0 Å². The first-order valence-corrected chi connectivity index (χ1v) is 10.9. The number of nitrogens with zero attached hydrogens (tertiary/aromatic N) is 4. The summed E-state index contributed by atoms with van der Waals surface area (Å²) in [7, 11) is -3.49. The Labute approximate surface area is 162 Å². The van der Waals surface area contributed by atoms with E-state index in [-0.39, 0.29) is 6.04 Å². The van der Waals surface area contributed by atoms with Crippen LogP contribution in [0.1, 0.15) is 11.3 Å². The number of sulfonamides is 1. The van der Waals surface area contributed by atoms with Crippen LogP contribution in [0.3, 0.4) is 0 Å². The van der Waals surface area contributed by atoms with Crippen LogP contribution < -0.4 is 9.62 Å². The summed E-state index contributed by atoms with van der Waals surface area (Å²) >= 11 is 1.28. The lowest BCUT2D eigenvalue weighted by Crippen LogP contribution is -2.37. The molecule has 0 bridgehead atoms. The van der Waals surface area contributed by atoms with Crippen molar-refractivity contribution < 1.29 is 8.42 Å². The topological polar surface area (TPSA) is 88.1 Å². The SMILES string of the molecule is Cc1ccc(S(=O)(=O)NC2CCN(c3nccc(-c4cccnc4)n3)C2)s1. The molecule has 27 heavy (non-hydrogen) atoms. The average Bonchev–Trinajstić information content (AvgIpc) is 3.32. The molecule has 0 amide bonds. The lowest BCUT2D eigenvalue weighted by atomic mass is 10.2. The van der Waals surface area contributed by atoms with Crippen molar-refractivity contribution in [3.63, 3.8) is 0 Å². The van der Waals surface area contributed by atoms with E-state index in [4.69, 9.17) is 0 Å². The molecular weight excluding hydrogens is 382 g/mol. The highest BCUT2D eigenvalue weighted by molar-refractivity contribution is 7.91. The predicted molar refractivity (Wildman–Crippen MR) is 105 cm³/mol. The third kappa shape index (κ3) is 4.00. The third-order valence-electron chi connectivity index (χ3n) is 4.37. The van der Waals surface area contributed by atoms with Crippen molar-refractivity contribution >= 4 is 27.3 Å². The van der Waals surface area contributed by atoms with E-state index in [0.29, 0.717) is 29.7 Å². The van der Waals surface area contributed by atoms with Gasteiger partial charge in [0.2, 0.25) is 16.0 Å². The van der Waals surface area contributed by atoms with Crippen LogP contribution in [0.4, 0.5) is 5.95 Å². The van der Waals surface area contributed by atoms with Crippen molar-refractivity contribution in [1.82, 2.24) is 19.7 Å². The predicted octanol–water partition coefficient (Wildman–Crippen LogP) is 2.47. The van der Waals surface area contributed by atoms with Crippen molar-refractivity contribution in [2.24, 2.45) is 0 Å². The second-order valence-corrected chi connectivity index (χ2v) is 9.63. The molecule has 9 heteroatoms. The van der Waals surface area contributed by atoms with Gasteiger partial charge in [-0.25, -0.2) is 23.1 Å². The third-order valence-corrected chi connectivity index (χ3v) is 7.39. The van der Waals surface area contributed by atoms with E-state index in [9.17, 15) is 8.42 Å². The maximum Gasteiger partial charge on any atom is 0.250 e. The number of nitrogens with one attached hydrogen (secondary N) is 1. The molecule has 0 aromatic carbocycles. The Morgan fingerprint density at radius 2 is 2.11 bits per heavy atom. The van der Waals surface area contributed by atoms with Crippen LogP contribution in [0.5, 0.6) is 0 Å². The Kier molecular flexibility index (Phi) is 4.90. The molecular formula is C18H19N5O2S2. The summed E-state index contributed by atoms with van der Waals surface area (Å²) in [6.45, 7) is 3.14. The Morgan fingerprint density at radius 3 is 2.85 bits per heavy atom. The zero-order chi connectivity index (χ0) is 18.9. The van der Waals surface area contributed by atoms with Gasteiger partial charge in [-0.3, -0.25) is 4.98 Å². The largest absolute Gasteiger partial charge is 0.339 e. The average molecular weight is 402 g/mol. The molecule has 1 atom stereocenters. The molecule has 4 heterocycles. The van der Waals surface area contributed by atoms with Gasteiger partial charge < -0.3 is 4.90 Å². The second kappa shape index (κ2) is 7.34. The van der Waals surface area contributed by atoms with Gasteiger partial charge in [0.15, 0.2) is 0 Å². The molecule has 1 saturated heterocycles. The van der Waals surface area contributed by atoms with Gasteiger partial charge >= 0.3 is 0 Å². The maximum atomic E-state index is 12.5. The van der Waals surface area contributed by atoms with Gasteiger partial charge in [-0.2, -0.15) is 0 Å². The first-order valence-electron chi connectivity index (χ1n) is 8.58. The van der Waals surface area contributed by atoms with Gasteiger partial charge in [0.1, 0.15) is 4.21 Å². The molecule has 3 aromatic heterocycles. The van der Waals surface area contributed by atoms with Crippen molar-refractivity contribution in [2.45, 2.75) is 23.6 Å². The van der Waals surface area contributed by atoms with Crippen molar-refractivity contribution in [3.8, 4) is 11.3 Å². The molecule has 1 aliphatic rings. The first-order chi connectivity index (χ1) is 13.0. The minimum atomic E-state index is -3.49. The molecule has 0 aliphatic carbocycles. The molecule has 1 fully saturated rings. The number of thiophene rings is 1.